The first-order valence-electron chi connectivity index (χ1n) is 6.57. The van der Waals surface area contributed by atoms with E-state index in [9.17, 15) is 5.11 Å². The van der Waals surface area contributed by atoms with Gasteiger partial charge in [0.15, 0.2) is 0 Å². The van der Waals surface area contributed by atoms with Gasteiger partial charge in [-0.15, -0.1) is 0 Å². The van der Waals surface area contributed by atoms with Crippen LogP contribution in [0.25, 0.3) is 0 Å². The SMILES string of the molecule is CC.CC(C)CC1CC(O)CC(C)(C)C1. The van der Waals surface area contributed by atoms with Gasteiger partial charge in [0.25, 0.3) is 0 Å². The molecule has 0 saturated heterocycles. The molecular formula is C14H30O. The molecule has 2 atom stereocenters. The summed E-state index contributed by atoms with van der Waals surface area (Å²) in [5, 5.41) is 9.73. The Labute approximate surface area is 96.3 Å². The molecule has 1 N–H and O–H groups in total. The Morgan fingerprint density at radius 2 is 1.73 bits per heavy atom. The fraction of sp³-hybridized carbons (Fsp3) is 1.00. The highest BCUT2D eigenvalue weighted by molar-refractivity contribution is 4.84. The third kappa shape index (κ3) is 6.19. The molecule has 1 saturated carbocycles. The highest BCUT2D eigenvalue weighted by atomic mass is 16.3. The molecule has 1 heteroatoms. The zero-order chi connectivity index (χ0) is 12.1. The second-order valence-corrected chi connectivity index (χ2v) is 5.96. The second-order valence-electron chi connectivity index (χ2n) is 5.96. The lowest BCUT2D eigenvalue weighted by Crippen LogP contribution is -2.32. The Kier molecular flexibility index (Phi) is 6.51. The molecule has 0 heterocycles. The van der Waals surface area contributed by atoms with Gasteiger partial charge in [0, 0.05) is 0 Å². The molecule has 0 aromatic rings. The summed E-state index contributed by atoms with van der Waals surface area (Å²) >= 11 is 0. The smallest absolute Gasteiger partial charge is 0.0548 e. The maximum atomic E-state index is 9.73. The Balaban J connectivity index is 0.000000921. The molecular weight excluding hydrogens is 184 g/mol. The van der Waals surface area contributed by atoms with Crippen molar-refractivity contribution < 1.29 is 5.11 Å². The number of aliphatic hydroxyl groups excluding tert-OH is 1. The molecule has 0 aliphatic heterocycles. The van der Waals surface area contributed by atoms with Gasteiger partial charge in [0.1, 0.15) is 0 Å². The summed E-state index contributed by atoms with van der Waals surface area (Å²) in [6.45, 7) is 13.1. The lowest BCUT2D eigenvalue weighted by atomic mass is 9.69. The van der Waals surface area contributed by atoms with E-state index in [1.54, 1.807) is 0 Å². The fourth-order valence-electron chi connectivity index (χ4n) is 2.90. The second kappa shape index (κ2) is 6.52. The maximum absolute atomic E-state index is 9.73. The lowest BCUT2D eigenvalue weighted by molar-refractivity contribution is 0.0282. The standard InChI is InChI=1S/C12H24O.C2H6/c1-9(2)5-10-6-11(13)8-12(3,4)7-10;1-2/h9-11,13H,5-8H2,1-4H3;1-2H3. The van der Waals surface area contributed by atoms with Gasteiger partial charge in [-0.25, -0.2) is 0 Å². The van der Waals surface area contributed by atoms with E-state index in [1.165, 1.54) is 12.8 Å². The van der Waals surface area contributed by atoms with Crippen molar-refractivity contribution in [1.82, 2.24) is 0 Å². The molecule has 0 aromatic carbocycles. The van der Waals surface area contributed by atoms with Gasteiger partial charge in [0.2, 0.25) is 0 Å². The van der Waals surface area contributed by atoms with Crippen molar-refractivity contribution >= 4 is 0 Å². The Hall–Kier alpha value is -0.0400. The van der Waals surface area contributed by atoms with Crippen LogP contribution in [0.15, 0.2) is 0 Å². The predicted octanol–water partition coefficient (Wildman–Crippen LogP) is 4.25. The van der Waals surface area contributed by atoms with Crippen molar-refractivity contribution in [3.05, 3.63) is 0 Å². The number of hydrogen-bond donors (Lipinski definition) is 1. The van der Waals surface area contributed by atoms with E-state index in [0.717, 1.165) is 24.7 Å². The summed E-state index contributed by atoms with van der Waals surface area (Å²) in [4.78, 5) is 0. The van der Waals surface area contributed by atoms with Crippen LogP contribution in [0.2, 0.25) is 0 Å². The molecule has 15 heavy (non-hydrogen) atoms. The number of hydrogen-bond acceptors (Lipinski definition) is 1. The maximum Gasteiger partial charge on any atom is 0.0548 e. The summed E-state index contributed by atoms with van der Waals surface area (Å²) in [5.74, 6) is 1.52. The van der Waals surface area contributed by atoms with Gasteiger partial charge in [-0.2, -0.15) is 0 Å². The van der Waals surface area contributed by atoms with Gasteiger partial charge in [0.05, 0.1) is 6.10 Å². The number of rotatable bonds is 2. The minimum Gasteiger partial charge on any atom is -0.393 e. The van der Waals surface area contributed by atoms with E-state index in [-0.39, 0.29) is 6.10 Å². The van der Waals surface area contributed by atoms with Crippen LogP contribution in [0, 0.1) is 17.3 Å². The Morgan fingerprint density at radius 1 is 1.20 bits per heavy atom. The monoisotopic (exact) mass is 214 g/mol. The molecule has 0 spiro atoms. The van der Waals surface area contributed by atoms with E-state index in [0.29, 0.717) is 5.41 Å². The van der Waals surface area contributed by atoms with Gasteiger partial charge in [-0.1, -0.05) is 41.5 Å². The van der Waals surface area contributed by atoms with E-state index in [4.69, 9.17) is 0 Å². The molecule has 1 nitrogen and oxygen atoms in total. The Bertz CT molecular complexity index is 159. The minimum atomic E-state index is -0.0486. The van der Waals surface area contributed by atoms with Crippen LogP contribution < -0.4 is 0 Å². The molecule has 1 fully saturated rings. The lowest BCUT2D eigenvalue weighted by Gasteiger charge is -2.38. The van der Waals surface area contributed by atoms with Crippen molar-refractivity contribution in [2.24, 2.45) is 17.3 Å². The fourth-order valence-corrected chi connectivity index (χ4v) is 2.90. The van der Waals surface area contributed by atoms with Crippen LogP contribution in [0.3, 0.4) is 0 Å². The van der Waals surface area contributed by atoms with Gasteiger partial charge >= 0.3 is 0 Å². The third-order valence-electron chi connectivity index (χ3n) is 3.04. The molecule has 0 aromatic heterocycles. The zero-order valence-corrected chi connectivity index (χ0v) is 11.5. The quantitative estimate of drug-likeness (QED) is 0.728. The topological polar surface area (TPSA) is 20.2 Å². The van der Waals surface area contributed by atoms with Crippen LogP contribution in [0.5, 0.6) is 0 Å². The summed E-state index contributed by atoms with van der Waals surface area (Å²) in [6, 6.07) is 0. The van der Waals surface area contributed by atoms with E-state index >= 15 is 0 Å². The van der Waals surface area contributed by atoms with Gasteiger partial charge in [-0.3, -0.25) is 0 Å². The van der Waals surface area contributed by atoms with Crippen molar-refractivity contribution in [3.8, 4) is 0 Å². The molecule has 1 rings (SSSR count). The van der Waals surface area contributed by atoms with Crippen LogP contribution in [0.1, 0.15) is 67.2 Å². The van der Waals surface area contributed by atoms with Crippen LogP contribution in [0.4, 0.5) is 0 Å². The largest absolute Gasteiger partial charge is 0.393 e. The van der Waals surface area contributed by atoms with Crippen LogP contribution >= 0.6 is 0 Å². The first kappa shape index (κ1) is 15.0. The summed E-state index contributed by atoms with van der Waals surface area (Å²) in [7, 11) is 0. The summed E-state index contributed by atoms with van der Waals surface area (Å²) < 4.78 is 0. The van der Waals surface area contributed by atoms with Crippen molar-refractivity contribution in [1.29, 1.82) is 0 Å². The van der Waals surface area contributed by atoms with E-state index < -0.39 is 0 Å². The predicted molar refractivity (Wildman–Crippen MR) is 67.9 cm³/mol. The van der Waals surface area contributed by atoms with Gasteiger partial charge < -0.3 is 5.11 Å². The minimum absolute atomic E-state index is 0.0486. The average molecular weight is 214 g/mol. The molecule has 1 aliphatic carbocycles. The Morgan fingerprint density at radius 3 is 2.13 bits per heavy atom. The number of aliphatic hydroxyl groups is 1. The van der Waals surface area contributed by atoms with Crippen LogP contribution in [-0.4, -0.2) is 11.2 Å². The molecule has 1 aliphatic rings. The zero-order valence-electron chi connectivity index (χ0n) is 11.5. The van der Waals surface area contributed by atoms with Crippen molar-refractivity contribution in [3.63, 3.8) is 0 Å². The van der Waals surface area contributed by atoms with Crippen molar-refractivity contribution in [2.45, 2.75) is 73.3 Å². The highest BCUT2D eigenvalue weighted by Gasteiger charge is 2.32. The average Bonchev–Trinajstić information content (AvgIpc) is 2.01. The van der Waals surface area contributed by atoms with E-state index in [1.807, 2.05) is 13.8 Å². The first-order chi connectivity index (χ1) is 6.89. The van der Waals surface area contributed by atoms with Crippen molar-refractivity contribution in [2.75, 3.05) is 0 Å². The molecule has 2 unspecified atom stereocenters. The normalized spacial score (nSPS) is 29.6. The highest BCUT2D eigenvalue weighted by Crippen LogP contribution is 2.40. The molecule has 92 valence electrons. The third-order valence-corrected chi connectivity index (χ3v) is 3.04. The summed E-state index contributed by atoms with van der Waals surface area (Å²) in [6.07, 6.45) is 4.54. The molecule has 0 radical (unpaired) electrons. The molecule has 0 bridgehead atoms. The van der Waals surface area contributed by atoms with Crippen LogP contribution in [-0.2, 0) is 0 Å². The summed E-state index contributed by atoms with van der Waals surface area (Å²) in [5.41, 5.74) is 0.358. The van der Waals surface area contributed by atoms with E-state index in [2.05, 4.69) is 27.7 Å². The van der Waals surface area contributed by atoms with Gasteiger partial charge in [-0.05, 0) is 42.9 Å². The molecule has 0 amide bonds. The first-order valence-corrected chi connectivity index (χ1v) is 6.57.